The number of urea groups is 1. The summed E-state index contributed by atoms with van der Waals surface area (Å²) in [4.78, 5) is 25.3. The van der Waals surface area contributed by atoms with Gasteiger partial charge in [0, 0.05) is 30.2 Å². The van der Waals surface area contributed by atoms with Gasteiger partial charge in [-0.05, 0) is 49.1 Å². The third kappa shape index (κ3) is 6.01. The first-order valence-electron chi connectivity index (χ1n) is 10.8. The molecule has 0 unspecified atom stereocenters. The van der Waals surface area contributed by atoms with Gasteiger partial charge in [-0.2, -0.15) is 0 Å². The fourth-order valence-corrected chi connectivity index (χ4v) is 3.44. The quantitative estimate of drug-likeness (QED) is 0.444. The summed E-state index contributed by atoms with van der Waals surface area (Å²) in [5.74, 6) is 0.724. The second kappa shape index (κ2) is 11.1. The second-order valence-corrected chi connectivity index (χ2v) is 7.27. The van der Waals surface area contributed by atoms with E-state index in [2.05, 4.69) is 51.9 Å². The van der Waals surface area contributed by atoms with Crippen LogP contribution in [0, 0.1) is 0 Å². The Morgan fingerprint density at radius 2 is 1.94 bits per heavy atom. The molecule has 3 N–H and O–H groups in total. The van der Waals surface area contributed by atoms with Crippen molar-refractivity contribution in [3.8, 4) is 11.3 Å². The summed E-state index contributed by atoms with van der Waals surface area (Å²) in [6, 6.07) is 9.88. The largest absolute Gasteiger partial charge is 0.362 e. The molecule has 0 saturated carbocycles. The molecule has 1 atom stereocenters. The molecule has 3 aromatic rings. The number of pyridine rings is 1. The molecular formula is C24H30N6O. The average molecular weight is 419 g/mol. The van der Waals surface area contributed by atoms with Gasteiger partial charge >= 0.3 is 6.03 Å². The maximum Gasteiger partial charge on any atom is 0.319 e. The van der Waals surface area contributed by atoms with Crippen LogP contribution in [0.3, 0.4) is 0 Å². The predicted molar refractivity (Wildman–Crippen MR) is 125 cm³/mol. The molecule has 162 valence electrons. The van der Waals surface area contributed by atoms with E-state index in [0.29, 0.717) is 6.54 Å². The Hall–Kier alpha value is -3.48. The van der Waals surface area contributed by atoms with Gasteiger partial charge in [0.2, 0.25) is 0 Å². The molecule has 0 fully saturated rings. The molecule has 2 aromatic heterocycles. The monoisotopic (exact) mass is 418 g/mol. The standard InChI is InChI=1S/C24H30N6O/c1-4-8-20(19-9-7-12-25-14-19)28-23-16-26-15-22(29-23)18-10-11-21(17(5-2)13-18)30-24(31)27-6-3/h7,9-16,20H,4-6,8H2,1-3H3,(H,28,29)(H2,27,30,31)/t20-/m1/s1. The molecule has 0 saturated heterocycles. The zero-order chi connectivity index (χ0) is 22.1. The van der Waals surface area contributed by atoms with Crippen LogP contribution in [0.5, 0.6) is 0 Å². The van der Waals surface area contributed by atoms with Gasteiger partial charge in [0.15, 0.2) is 0 Å². The first-order chi connectivity index (χ1) is 15.1. The molecule has 0 aliphatic carbocycles. The molecule has 7 nitrogen and oxygen atoms in total. The highest BCUT2D eigenvalue weighted by molar-refractivity contribution is 5.90. The van der Waals surface area contributed by atoms with Crippen LogP contribution in [0.25, 0.3) is 11.3 Å². The zero-order valence-electron chi connectivity index (χ0n) is 18.4. The molecular weight excluding hydrogens is 388 g/mol. The van der Waals surface area contributed by atoms with Gasteiger partial charge in [-0.25, -0.2) is 9.78 Å². The Labute approximate surface area is 183 Å². The molecule has 0 spiro atoms. The van der Waals surface area contributed by atoms with E-state index in [-0.39, 0.29) is 12.1 Å². The van der Waals surface area contributed by atoms with E-state index >= 15 is 0 Å². The van der Waals surface area contributed by atoms with Crippen molar-refractivity contribution in [3.63, 3.8) is 0 Å². The van der Waals surface area contributed by atoms with Gasteiger partial charge in [-0.3, -0.25) is 9.97 Å². The Balaban J connectivity index is 1.82. The number of hydrogen-bond donors (Lipinski definition) is 3. The van der Waals surface area contributed by atoms with E-state index in [9.17, 15) is 4.79 Å². The number of aryl methyl sites for hydroxylation is 1. The number of rotatable bonds is 9. The van der Waals surface area contributed by atoms with Crippen molar-refractivity contribution in [1.29, 1.82) is 0 Å². The molecule has 0 bridgehead atoms. The zero-order valence-corrected chi connectivity index (χ0v) is 18.4. The SMILES string of the molecule is CCC[C@@H](Nc1cncc(-c2ccc(NC(=O)NCC)c(CC)c2)n1)c1cccnc1. The molecule has 3 rings (SSSR count). The lowest BCUT2D eigenvalue weighted by Gasteiger charge is -2.19. The number of anilines is 2. The van der Waals surface area contributed by atoms with E-state index in [1.165, 1.54) is 0 Å². The summed E-state index contributed by atoms with van der Waals surface area (Å²) in [6.45, 7) is 6.70. The lowest BCUT2D eigenvalue weighted by molar-refractivity contribution is 0.252. The maximum absolute atomic E-state index is 11.9. The van der Waals surface area contributed by atoms with Crippen molar-refractivity contribution in [1.82, 2.24) is 20.3 Å². The topological polar surface area (TPSA) is 91.8 Å². The number of aromatic nitrogens is 3. The summed E-state index contributed by atoms with van der Waals surface area (Å²) < 4.78 is 0. The van der Waals surface area contributed by atoms with Crippen LogP contribution in [0.2, 0.25) is 0 Å². The fourth-order valence-electron chi connectivity index (χ4n) is 3.44. The number of nitrogens with one attached hydrogen (secondary N) is 3. The van der Waals surface area contributed by atoms with E-state index in [4.69, 9.17) is 4.98 Å². The summed E-state index contributed by atoms with van der Waals surface area (Å²) in [5.41, 5.74) is 4.72. The highest BCUT2D eigenvalue weighted by atomic mass is 16.2. The molecule has 7 heteroatoms. The fraction of sp³-hybridized carbons (Fsp3) is 0.333. The van der Waals surface area contributed by atoms with Crippen molar-refractivity contribution in [2.75, 3.05) is 17.2 Å². The Morgan fingerprint density at radius 1 is 1.06 bits per heavy atom. The van der Waals surface area contributed by atoms with Crippen LogP contribution in [-0.2, 0) is 6.42 Å². The van der Waals surface area contributed by atoms with Gasteiger partial charge in [0.05, 0.1) is 24.1 Å². The van der Waals surface area contributed by atoms with Gasteiger partial charge in [-0.1, -0.05) is 32.4 Å². The van der Waals surface area contributed by atoms with Gasteiger partial charge in [0.25, 0.3) is 0 Å². The van der Waals surface area contributed by atoms with Crippen molar-refractivity contribution in [2.24, 2.45) is 0 Å². The summed E-state index contributed by atoms with van der Waals surface area (Å²) in [7, 11) is 0. The Morgan fingerprint density at radius 3 is 2.65 bits per heavy atom. The number of hydrogen-bond acceptors (Lipinski definition) is 5. The number of nitrogens with zero attached hydrogens (tertiary/aromatic N) is 3. The first-order valence-corrected chi connectivity index (χ1v) is 10.8. The smallest absolute Gasteiger partial charge is 0.319 e. The lowest BCUT2D eigenvalue weighted by atomic mass is 10.0. The molecule has 2 heterocycles. The highest BCUT2D eigenvalue weighted by Gasteiger charge is 2.13. The molecule has 1 aromatic carbocycles. The van der Waals surface area contributed by atoms with Crippen molar-refractivity contribution >= 4 is 17.5 Å². The van der Waals surface area contributed by atoms with Gasteiger partial charge in [0.1, 0.15) is 5.82 Å². The summed E-state index contributed by atoms with van der Waals surface area (Å²) >= 11 is 0. The van der Waals surface area contributed by atoms with Crippen molar-refractivity contribution < 1.29 is 4.79 Å². The minimum atomic E-state index is -0.201. The minimum Gasteiger partial charge on any atom is -0.362 e. The van der Waals surface area contributed by atoms with Crippen LogP contribution < -0.4 is 16.0 Å². The number of carbonyl (C=O) groups excluding carboxylic acids is 1. The Kier molecular flexibility index (Phi) is 7.92. The third-order valence-corrected chi connectivity index (χ3v) is 4.99. The number of amides is 2. The molecule has 0 radical (unpaired) electrons. The number of benzene rings is 1. The van der Waals surface area contributed by atoms with Crippen LogP contribution in [0.4, 0.5) is 16.3 Å². The normalized spacial score (nSPS) is 11.6. The van der Waals surface area contributed by atoms with Crippen LogP contribution in [0.15, 0.2) is 55.1 Å². The van der Waals surface area contributed by atoms with E-state index in [1.54, 1.807) is 18.6 Å². The van der Waals surface area contributed by atoms with E-state index < -0.39 is 0 Å². The third-order valence-electron chi connectivity index (χ3n) is 4.99. The van der Waals surface area contributed by atoms with Gasteiger partial charge < -0.3 is 16.0 Å². The van der Waals surface area contributed by atoms with Crippen molar-refractivity contribution in [2.45, 2.75) is 46.1 Å². The van der Waals surface area contributed by atoms with Gasteiger partial charge in [-0.15, -0.1) is 0 Å². The summed E-state index contributed by atoms with van der Waals surface area (Å²) in [6.07, 6.45) is 9.98. The van der Waals surface area contributed by atoms with Crippen LogP contribution >= 0.6 is 0 Å². The maximum atomic E-state index is 11.9. The molecule has 2 amide bonds. The average Bonchev–Trinajstić information content (AvgIpc) is 2.80. The Bertz CT molecular complexity index is 992. The first kappa shape index (κ1) is 22.2. The highest BCUT2D eigenvalue weighted by Crippen LogP contribution is 2.27. The summed E-state index contributed by atoms with van der Waals surface area (Å²) in [5, 5.41) is 9.17. The number of carbonyl (C=O) groups is 1. The predicted octanol–water partition coefficient (Wildman–Crippen LogP) is 5.20. The molecule has 0 aliphatic heterocycles. The van der Waals surface area contributed by atoms with E-state index in [0.717, 1.165) is 53.2 Å². The van der Waals surface area contributed by atoms with Crippen molar-refractivity contribution in [3.05, 3.63) is 66.2 Å². The minimum absolute atomic E-state index is 0.123. The molecule has 31 heavy (non-hydrogen) atoms. The lowest BCUT2D eigenvalue weighted by Crippen LogP contribution is -2.28. The van der Waals surface area contributed by atoms with Crippen LogP contribution in [-0.4, -0.2) is 27.5 Å². The van der Waals surface area contributed by atoms with Crippen LogP contribution in [0.1, 0.15) is 50.8 Å². The van der Waals surface area contributed by atoms with E-state index in [1.807, 2.05) is 31.3 Å². The molecule has 0 aliphatic rings. The second-order valence-electron chi connectivity index (χ2n) is 7.27.